The summed E-state index contributed by atoms with van der Waals surface area (Å²) in [7, 11) is 1.38. The molecule has 1 aliphatic carbocycles. The average molecular weight is 306 g/mol. The Balaban J connectivity index is 1.76. The lowest BCUT2D eigenvalue weighted by Crippen LogP contribution is -2.42. The predicted octanol–water partition coefficient (Wildman–Crippen LogP) is 2.77. The number of carbonyl (C=O) groups excluding carboxylic acids is 1. The van der Waals surface area contributed by atoms with Crippen molar-refractivity contribution in [1.82, 2.24) is 10.6 Å². The molecule has 0 saturated heterocycles. The van der Waals surface area contributed by atoms with E-state index in [1.54, 1.807) is 12.1 Å². The van der Waals surface area contributed by atoms with Gasteiger partial charge in [-0.15, -0.1) is 0 Å². The summed E-state index contributed by atoms with van der Waals surface area (Å²) < 4.78 is 4.67. The second-order valence-corrected chi connectivity index (χ2v) is 5.76. The van der Waals surface area contributed by atoms with E-state index in [0.717, 1.165) is 5.56 Å². The first-order valence-corrected chi connectivity index (χ1v) is 7.81. The number of rotatable bonds is 4. The van der Waals surface area contributed by atoms with Gasteiger partial charge >= 0.3 is 5.97 Å². The molecule has 21 heavy (non-hydrogen) atoms. The van der Waals surface area contributed by atoms with Crippen molar-refractivity contribution in [3.63, 3.8) is 0 Å². The van der Waals surface area contributed by atoms with Crippen LogP contribution in [0.1, 0.15) is 48.0 Å². The molecule has 1 saturated carbocycles. The summed E-state index contributed by atoms with van der Waals surface area (Å²) in [5.74, 6) is -0.316. The maximum atomic E-state index is 11.3. The zero-order valence-electron chi connectivity index (χ0n) is 12.4. The number of carbonyl (C=O) groups is 1. The normalized spacial score (nSPS) is 15.3. The van der Waals surface area contributed by atoms with Crippen molar-refractivity contribution in [2.75, 3.05) is 7.11 Å². The van der Waals surface area contributed by atoms with Crippen LogP contribution in [0.4, 0.5) is 0 Å². The van der Waals surface area contributed by atoms with E-state index < -0.39 is 0 Å². The Hall–Kier alpha value is -1.62. The number of hydrogen-bond acceptors (Lipinski definition) is 3. The monoisotopic (exact) mass is 306 g/mol. The van der Waals surface area contributed by atoms with Gasteiger partial charge in [0, 0.05) is 12.6 Å². The van der Waals surface area contributed by atoms with Gasteiger partial charge in [0.25, 0.3) is 0 Å². The fraction of sp³-hybridized carbons (Fsp3) is 0.500. The van der Waals surface area contributed by atoms with Crippen molar-refractivity contribution < 1.29 is 9.53 Å². The summed E-state index contributed by atoms with van der Waals surface area (Å²) >= 11 is 5.32. The molecule has 5 heteroatoms. The van der Waals surface area contributed by atoms with Gasteiger partial charge in [-0.1, -0.05) is 31.4 Å². The third-order valence-electron chi connectivity index (χ3n) is 3.77. The molecular formula is C16H22N2O2S. The molecule has 0 aromatic heterocycles. The Morgan fingerprint density at radius 1 is 1.24 bits per heavy atom. The van der Waals surface area contributed by atoms with Crippen molar-refractivity contribution in [2.24, 2.45) is 0 Å². The first kappa shape index (κ1) is 15.8. The summed E-state index contributed by atoms with van der Waals surface area (Å²) in [6.45, 7) is 0.653. The molecule has 2 rings (SSSR count). The molecule has 1 aromatic rings. The van der Waals surface area contributed by atoms with Crippen LogP contribution in [0.15, 0.2) is 24.3 Å². The van der Waals surface area contributed by atoms with Crippen LogP contribution in [-0.4, -0.2) is 24.2 Å². The van der Waals surface area contributed by atoms with Crippen LogP contribution in [0.25, 0.3) is 0 Å². The Kier molecular flexibility index (Phi) is 5.99. The maximum Gasteiger partial charge on any atom is 0.337 e. The van der Waals surface area contributed by atoms with E-state index in [2.05, 4.69) is 15.4 Å². The van der Waals surface area contributed by atoms with Crippen molar-refractivity contribution in [2.45, 2.75) is 44.7 Å². The molecule has 0 bridgehead atoms. The minimum absolute atomic E-state index is 0.316. The maximum absolute atomic E-state index is 11.3. The molecule has 1 aliphatic rings. The highest BCUT2D eigenvalue weighted by Crippen LogP contribution is 2.17. The van der Waals surface area contributed by atoms with E-state index >= 15 is 0 Å². The largest absolute Gasteiger partial charge is 0.465 e. The van der Waals surface area contributed by atoms with Gasteiger partial charge in [-0.3, -0.25) is 0 Å². The number of esters is 1. The minimum atomic E-state index is -0.316. The lowest BCUT2D eigenvalue weighted by atomic mass is 9.96. The summed E-state index contributed by atoms with van der Waals surface area (Å²) in [5.41, 5.74) is 1.64. The second-order valence-electron chi connectivity index (χ2n) is 5.35. The third-order valence-corrected chi connectivity index (χ3v) is 4.03. The SMILES string of the molecule is COC(=O)c1ccc(CNC(=S)NC2CCCCC2)cc1. The Labute approximate surface area is 131 Å². The molecule has 114 valence electrons. The molecule has 0 aliphatic heterocycles. The highest BCUT2D eigenvalue weighted by molar-refractivity contribution is 7.80. The smallest absolute Gasteiger partial charge is 0.337 e. The van der Waals surface area contributed by atoms with Gasteiger partial charge in [0.05, 0.1) is 12.7 Å². The first-order chi connectivity index (χ1) is 10.2. The molecule has 2 N–H and O–H groups in total. The van der Waals surface area contributed by atoms with Gasteiger partial charge in [-0.2, -0.15) is 0 Å². The van der Waals surface area contributed by atoms with Gasteiger partial charge in [0.1, 0.15) is 0 Å². The van der Waals surface area contributed by atoms with Gasteiger partial charge < -0.3 is 15.4 Å². The van der Waals surface area contributed by atoms with E-state index in [4.69, 9.17) is 12.2 Å². The molecular weight excluding hydrogens is 284 g/mol. The fourth-order valence-corrected chi connectivity index (χ4v) is 2.78. The number of ether oxygens (including phenoxy) is 1. The molecule has 0 spiro atoms. The predicted molar refractivity (Wildman–Crippen MR) is 87.2 cm³/mol. The molecule has 1 fully saturated rings. The molecule has 0 radical (unpaired) electrons. The quantitative estimate of drug-likeness (QED) is 0.662. The molecule has 0 heterocycles. The van der Waals surface area contributed by atoms with Crippen molar-refractivity contribution in [3.05, 3.63) is 35.4 Å². The zero-order valence-corrected chi connectivity index (χ0v) is 13.2. The van der Waals surface area contributed by atoms with Crippen LogP contribution in [-0.2, 0) is 11.3 Å². The van der Waals surface area contributed by atoms with Crippen LogP contribution in [0.2, 0.25) is 0 Å². The zero-order chi connectivity index (χ0) is 15.1. The third kappa shape index (κ3) is 5.01. The molecule has 0 amide bonds. The van der Waals surface area contributed by atoms with Crippen LogP contribution in [0, 0.1) is 0 Å². The second kappa shape index (κ2) is 7.98. The van der Waals surface area contributed by atoms with Gasteiger partial charge in [0.2, 0.25) is 0 Å². The molecule has 0 atom stereocenters. The highest BCUT2D eigenvalue weighted by Gasteiger charge is 2.13. The number of methoxy groups -OCH3 is 1. The first-order valence-electron chi connectivity index (χ1n) is 7.40. The van der Waals surface area contributed by atoms with Crippen LogP contribution < -0.4 is 10.6 Å². The molecule has 0 unspecified atom stereocenters. The summed E-state index contributed by atoms with van der Waals surface area (Å²) in [5, 5.41) is 7.29. The number of thiocarbonyl (C=S) groups is 1. The van der Waals surface area contributed by atoms with Crippen molar-refractivity contribution >= 4 is 23.3 Å². The van der Waals surface area contributed by atoms with E-state index in [1.807, 2.05) is 12.1 Å². The van der Waals surface area contributed by atoms with Crippen LogP contribution >= 0.6 is 12.2 Å². The summed E-state index contributed by atoms with van der Waals surface area (Å²) in [6.07, 6.45) is 6.32. The van der Waals surface area contributed by atoms with Crippen LogP contribution in [0.3, 0.4) is 0 Å². The van der Waals surface area contributed by atoms with E-state index in [0.29, 0.717) is 23.3 Å². The van der Waals surface area contributed by atoms with Gasteiger partial charge in [-0.25, -0.2) is 4.79 Å². The number of benzene rings is 1. The molecule has 4 nitrogen and oxygen atoms in total. The Morgan fingerprint density at radius 3 is 2.52 bits per heavy atom. The summed E-state index contributed by atoms with van der Waals surface area (Å²) in [6, 6.07) is 7.85. The highest BCUT2D eigenvalue weighted by atomic mass is 32.1. The van der Waals surface area contributed by atoms with Crippen molar-refractivity contribution in [3.8, 4) is 0 Å². The van der Waals surface area contributed by atoms with Gasteiger partial charge in [-0.05, 0) is 42.8 Å². The van der Waals surface area contributed by atoms with E-state index in [-0.39, 0.29) is 5.97 Å². The topological polar surface area (TPSA) is 50.4 Å². The lowest BCUT2D eigenvalue weighted by Gasteiger charge is -2.24. The number of nitrogens with one attached hydrogen (secondary N) is 2. The van der Waals surface area contributed by atoms with Crippen molar-refractivity contribution in [1.29, 1.82) is 0 Å². The Bertz CT molecular complexity index is 482. The minimum Gasteiger partial charge on any atom is -0.465 e. The fourth-order valence-electron chi connectivity index (χ4n) is 2.54. The lowest BCUT2D eigenvalue weighted by molar-refractivity contribution is 0.0600. The van der Waals surface area contributed by atoms with E-state index in [9.17, 15) is 4.79 Å². The van der Waals surface area contributed by atoms with E-state index in [1.165, 1.54) is 39.2 Å². The summed E-state index contributed by atoms with van der Waals surface area (Å²) in [4.78, 5) is 11.3. The average Bonchev–Trinajstić information content (AvgIpc) is 2.53. The number of hydrogen-bond donors (Lipinski definition) is 2. The Morgan fingerprint density at radius 2 is 1.90 bits per heavy atom. The standard InChI is InChI=1S/C16H22N2O2S/c1-20-15(19)13-9-7-12(8-10-13)11-17-16(21)18-14-5-3-2-4-6-14/h7-10,14H,2-6,11H2,1H3,(H2,17,18,21). The molecule has 1 aromatic carbocycles. The van der Waals surface area contributed by atoms with Gasteiger partial charge in [0.15, 0.2) is 5.11 Å². The van der Waals surface area contributed by atoms with Crippen LogP contribution in [0.5, 0.6) is 0 Å².